The molecule has 0 atom stereocenters. The van der Waals surface area contributed by atoms with Crippen molar-refractivity contribution in [3.8, 4) is 0 Å². The van der Waals surface area contributed by atoms with E-state index in [4.69, 9.17) is 0 Å². The van der Waals surface area contributed by atoms with Crippen molar-refractivity contribution < 1.29 is 4.79 Å². The first-order chi connectivity index (χ1) is 10.0. The molecule has 110 valence electrons. The third-order valence-corrected chi connectivity index (χ3v) is 3.28. The maximum absolute atomic E-state index is 12.0. The third kappa shape index (κ3) is 5.04. The minimum absolute atomic E-state index is 0.00834. The number of hydrogen-bond donors (Lipinski definition) is 1. The first kappa shape index (κ1) is 15.3. The molecule has 0 bridgehead atoms. The van der Waals surface area contributed by atoms with Crippen molar-refractivity contribution in [2.75, 3.05) is 18.9 Å². The lowest BCUT2D eigenvalue weighted by Gasteiger charge is -2.16. The number of carbonyl (C=O) groups excluding carboxylic acids is 1. The Labute approximate surface area is 126 Å². The number of likely N-dealkylation sites (N-methyl/N-ethyl adjacent to an activating group) is 1. The van der Waals surface area contributed by atoms with Gasteiger partial charge in [-0.3, -0.25) is 9.69 Å². The van der Waals surface area contributed by atoms with E-state index in [0.29, 0.717) is 6.54 Å². The second-order valence-electron chi connectivity index (χ2n) is 5.58. The summed E-state index contributed by atoms with van der Waals surface area (Å²) in [6.07, 6.45) is 0. The largest absolute Gasteiger partial charge is 0.325 e. The Morgan fingerprint density at radius 3 is 2.43 bits per heavy atom. The highest BCUT2D eigenvalue weighted by atomic mass is 16.2. The fourth-order valence-electron chi connectivity index (χ4n) is 2.26. The second kappa shape index (κ2) is 7.04. The van der Waals surface area contributed by atoms with Crippen LogP contribution in [0.2, 0.25) is 0 Å². The number of benzene rings is 2. The highest BCUT2D eigenvalue weighted by Crippen LogP contribution is 2.09. The van der Waals surface area contributed by atoms with Gasteiger partial charge in [0.1, 0.15) is 0 Å². The van der Waals surface area contributed by atoms with Gasteiger partial charge in [0.15, 0.2) is 0 Å². The summed E-state index contributed by atoms with van der Waals surface area (Å²) >= 11 is 0. The zero-order valence-electron chi connectivity index (χ0n) is 12.9. The zero-order valence-corrected chi connectivity index (χ0v) is 12.9. The lowest BCUT2D eigenvalue weighted by atomic mass is 10.1. The van der Waals surface area contributed by atoms with Gasteiger partial charge in [0.2, 0.25) is 5.91 Å². The zero-order chi connectivity index (χ0) is 15.2. The quantitative estimate of drug-likeness (QED) is 0.912. The molecule has 0 saturated carbocycles. The molecule has 21 heavy (non-hydrogen) atoms. The Hall–Kier alpha value is -2.13. The normalized spacial score (nSPS) is 10.7. The van der Waals surface area contributed by atoms with Crippen LogP contribution in [0.4, 0.5) is 5.69 Å². The highest BCUT2D eigenvalue weighted by molar-refractivity contribution is 5.92. The van der Waals surface area contributed by atoms with Gasteiger partial charge in [0, 0.05) is 12.2 Å². The van der Waals surface area contributed by atoms with E-state index >= 15 is 0 Å². The summed E-state index contributed by atoms with van der Waals surface area (Å²) in [7, 11) is 1.96. The number of rotatable bonds is 5. The van der Waals surface area contributed by atoms with Crippen LogP contribution in [0.3, 0.4) is 0 Å². The third-order valence-electron chi connectivity index (χ3n) is 3.28. The van der Waals surface area contributed by atoms with E-state index in [1.54, 1.807) is 0 Å². The van der Waals surface area contributed by atoms with Crippen molar-refractivity contribution in [2.45, 2.75) is 20.4 Å². The lowest BCUT2D eigenvalue weighted by molar-refractivity contribution is -0.117. The fourth-order valence-corrected chi connectivity index (χ4v) is 2.26. The van der Waals surface area contributed by atoms with Gasteiger partial charge in [-0.15, -0.1) is 0 Å². The standard InChI is InChI=1S/C18H22N2O/c1-14-7-9-17(10-8-14)19-18(21)13-20(3)12-16-6-4-5-15(2)11-16/h4-11H,12-13H2,1-3H3,(H,19,21). The molecule has 2 aromatic carbocycles. The molecule has 0 fully saturated rings. The summed E-state index contributed by atoms with van der Waals surface area (Å²) in [5.41, 5.74) is 4.49. The number of hydrogen-bond acceptors (Lipinski definition) is 2. The van der Waals surface area contributed by atoms with E-state index in [-0.39, 0.29) is 5.91 Å². The fraction of sp³-hybridized carbons (Fsp3) is 0.278. The summed E-state index contributed by atoms with van der Waals surface area (Å²) < 4.78 is 0. The van der Waals surface area contributed by atoms with Gasteiger partial charge in [-0.1, -0.05) is 47.5 Å². The Bertz CT molecular complexity index is 605. The van der Waals surface area contributed by atoms with Gasteiger partial charge >= 0.3 is 0 Å². The molecule has 3 nitrogen and oxygen atoms in total. The second-order valence-corrected chi connectivity index (χ2v) is 5.58. The molecule has 0 aliphatic carbocycles. The van der Waals surface area contributed by atoms with E-state index in [9.17, 15) is 4.79 Å². The summed E-state index contributed by atoms with van der Waals surface area (Å²) in [5.74, 6) is 0.00834. The summed E-state index contributed by atoms with van der Waals surface area (Å²) in [6.45, 7) is 5.25. The molecule has 3 heteroatoms. The summed E-state index contributed by atoms with van der Waals surface area (Å²) in [4.78, 5) is 14.0. The average Bonchev–Trinajstić information content (AvgIpc) is 2.41. The maximum Gasteiger partial charge on any atom is 0.238 e. The molecule has 0 saturated heterocycles. The van der Waals surface area contributed by atoms with Gasteiger partial charge in [0.05, 0.1) is 6.54 Å². The first-order valence-corrected chi connectivity index (χ1v) is 7.13. The molecule has 1 N–H and O–H groups in total. The average molecular weight is 282 g/mol. The Balaban J connectivity index is 1.86. The van der Waals surface area contributed by atoms with Crippen LogP contribution in [-0.4, -0.2) is 24.4 Å². The monoisotopic (exact) mass is 282 g/mol. The predicted molar refractivity (Wildman–Crippen MR) is 87.3 cm³/mol. The van der Waals surface area contributed by atoms with Crippen LogP contribution >= 0.6 is 0 Å². The molecule has 0 aliphatic heterocycles. The van der Waals surface area contributed by atoms with Crippen molar-refractivity contribution in [3.63, 3.8) is 0 Å². The van der Waals surface area contributed by atoms with Crippen LogP contribution in [0.25, 0.3) is 0 Å². The van der Waals surface area contributed by atoms with Crippen molar-refractivity contribution >= 4 is 11.6 Å². The summed E-state index contributed by atoms with van der Waals surface area (Å²) in [5, 5.41) is 2.92. The minimum atomic E-state index is 0.00834. The van der Waals surface area contributed by atoms with Crippen molar-refractivity contribution in [3.05, 3.63) is 65.2 Å². The van der Waals surface area contributed by atoms with Gasteiger partial charge in [-0.25, -0.2) is 0 Å². The molecule has 0 radical (unpaired) electrons. The molecule has 0 spiro atoms. The molecule has 0 aliphatic rings. The van der Waals surface area contributed by atoms with Crippen LogP contribution in [0.5, 0.6) is 0 Å². The molecule has 1 amide bonds. The van der Waals surface area contributed by atoms with E-state index < -0.39 is 0 Å². The molecule has 2 rings (SSSR count). The Kier molecular flexibility index (Phi) is 5.12. The molecular weight excluding hydrogens is 260 g/mol. The number of amides is 1. The van der Waals surface area contributed by atoms with Crippen molar-refractivity contribution in [1.82, 2.24) is 4.90 Å². The smallest absolute Gasteiger partial charge is 0.238 e. The number of nitrogens with one attached hydrogen (secondary N) is 1. The Morgan fingerprint density at radius 2 is 1.76 bits per heavy atom. The van der Waals surface area contributed by atoms with Gasteiger partial charge in [0.25, 0.3) is 0 Å². The maximum atomic E-state index is 12.0. The molecule has 0 aromatic heterocycles. The number of carbonyl (C=O) groups is 1. The Morgan fingerprint density at radius 1 is 1.05 bits per heavy atom. The lowest BCUT2D eigenvalue weighted by Crippen LogP contribution is -2.29. The van der Waals surface area contributed by atoms with Crippen LogP contribution < -0.4 is 5.32 Å². The molecular formula is C18H22N2O. The molecule has 0 unspecified atom stereocenters. The van der Waals surface area contributed by atoms with Crippen LogP contribution in [-0.2, 0) is 11.3 Å². The number of anilines is 1. The van der Waals surface area contributed by atoms with Gasteiger partial charge in [-0.2, -0.15) is 0 Å². The minimum Gasteiger partial charge on any atom is -0.325 e. The van der Waals surface area contributed by atoms with Gasteiger partial charge in [-0.05, 0) is 38.6 Å². The topological polar surface area (TPSA) is 32.3 Å². The summed E-state index contributed by atoms with van der Waals surface area (Å²) in [6, 6.07) is 16.2. The highest BCUT2D eigenvalue weighted by Gasteiger charge is 2.07. The number of nitrogens with zero attached hydrogens (tertiary/aromatic N) is 1. The SMILES string of the molecule is Cc1ccc(NC(=O)CN(C)Cc2cccc(C)c2)cc1. The molecule has 0 heterocycles. The van der Waals surface area contributed by atoms with E-state index in [2.05, 4.69) is 30.4 Å². The van der Waals surface area contributed by atoms with Crippen LogP contribution in [0, 0.1) is 13.8 Å². The van der Waals surface area contributed by atoms with Crippen molar-refractivity contribution in [1.29, 1.82) is 0 Å². The van der Waals surface area contributed by atoms with Crippen LogP contribution in [0.15, 0.2) is 48.5 Å². The predicted octanol–water partition coefficient (Wildman–Crippen LogP) is 3.37. The van der Waals surface area contributed by atoms with Crippen molar-refractivity contribution in [2.24, 2.45) is 0 Å². The molecule has 2 aromatic rings. The number of aryl methyl sites for hydroxylation is 2. The van der Waals surface area contributed by atoms with E-state index in [0.717, 1.165) is 12.2 Å². The van der Waals surface area contributed by atoms with E-state index in [1.165, 1.54) is 16.7 Å². The first-order valence-electron chi connectivity index (χ1n) is 7.13. The van der Waals surface area contributed by atoms with Gasteiger partial charge < -0.3 is 5.32 Å². The van der Waals surface area contributed by atoms with E-state index in [1.807, 2.05) is 49.2 Å². The van der Waals surface area contributed by atoms with Crippen LogP contribution in [0.1, 0.15) is 16.7 Å².